The molecule has 26 heavy (non-hydrogen) atoms. The minimum atomic E-state index is -0.867. The molecule has 0 unspecified atom stereocenters. The third-order valence-electron chi connectivity index (χ3n) is 4.43. The van der Waals surface area contributed by atoms with Gasteiger partial charge in [-0.1, -0.05) is 55.9 Å². The highest BCUT2D eigenvalue weighted by Gasteiger charge is 2.30. The van der Waals surface area contributed by atoms with E-state index in [4.69, 9.17) is 0 Å². The zero-order valence-corrected chi connectivity index (χ0v) is 16.5. The monoisotopic (exact) mass is 371 g/mol. The second-order valence-electron chi connectivity index (χ2n) is 6.61. The van der Waals surface area contributed by atoms with Crippen molar-refractivity contribution in [2.75, 3.05) is 5.75 Å². The number of hydrogen-bond acceptors (Lipinski definition) is 5. The van der Waals surface area contributed by atoms with Gasteiger partial charge < -0.3 is 9.88 Å². The number of nitrogens with one attached hydrogen (secondary N) is 1. The molecule has 1 amide bonds. The summed E-state index contributed by atoms with van der Waals surface area (Å²) in [5.74, 6) is 0.930. The van der Waals surface area contributed by atoms with Crippen LogP contribution in [0.5, 0.6) is 0 Å². The van der Waals surface area contributed by atoms with Crippen LogP contribution in [0.4, 0.5) is 0 Å². The summed E-state index contributed by atoms with van der Waals surface area (Å²) < 4.78 is 2.02. The lowest BCUT2D eigenvalue weighted by atomic mass is 9.90. The Bertz CT molecular complexity index is 781. The largest absolute Gasteiger partial charge is 0.337 e. The molecule has 1 atom stereocenters. The lowest BCUT2D eigenvalue weighted by molar-refractivity contribution is -0.120. The Labute approximate surface area is 159 Å². The number of carbonyl (C=O) groups is 1. The van der Waals surface area contributed by atoms with Crippen LogP contribution in [0.2, 0.25) is 0 Å². The van der Waals surface area contributed by atoms with Gasteiger partial charge in [0, 0.05) is 13.0 Å². The predicted molar refractivity (Wildman–Crippen MR) is 103 cm³/mol. The number of benzene rings is 1. The van der Waals surface area contributed by atoms with Gasteiger partial charge in [0.1, 0.15) is 11.4 Å². The number of aromatic nitrogens is 3. The molecule has 2 rings (SSSR count). The molecule has 6 nitrogen and oxygen atoms in total. The van der Waals surface area contributed by atoms with Crippen molar-refractivity contribution < 1.29 is 4.79 Å². The van der Waals surface area contributed by atoms with E-state index in [1.54, 1.807) is 6.92 Å². The Morgan fingerprint density at radius 2 is 2.04 bits per heavy atom. The molecule has 0 aliphatic rings. The van der Waals surface area contributed by atoms with E-state index in [9.17, 15) is 10.1 Å². The number of nitriles is 1. The van der Waals surface area contributed by atoms with E-state index in [2.05, 4.69) is 33.7 Å². The molecular weight excluding hydrogens is 346 g/mol. The van der Waals surface area contributed by atoms with Crippen molar-refractivity contribution in [3.05, 3.63) is 41.7 Å². The fraction of sp³-hybridized carbons (Fsp3) is 0.474. The van der Waals surface area contributed by atoms with Crippen LogP contribution in [-0.2, 0) is 17.8 Å². The first-order chi connectivity index (χ1) is 12.4. The standard InChI is InChI=1S/C19H25N5OS/c1-5-24-16(11-15-9-7-6-8-10-15)22-23-18(24)26-12-17(25)21-19(4,13-20)14(2)3/h6-10,14H,5,11-12H2,1-4H3,(H,21,25)/t19-/m0/s1. The average Bonchev–Trinajstić information content (AvgIpc) is 3.02. The van der Waals surface area contributed by atoms with E-state index in [0.717, 1.165) is 17.5 Å². The van der Waals surface area contributed by atoms with Gasteiger partial charge >= 0.3 is 0 Å². The van der Waals surface area contributed by atoms with Gasteiger partial charge in [0.2, 0.25) is 5.91 Å². The number of nitrogens with zero attached hydrogens (tertiary/aromatic N) is 4. The first-order valence-corrected chi connectivity index (χ1v) is 9.69. The van der Waals surface area contributed by atoms with Gasteiger partial charge in [-0.3, -0.25) is 4.79 Å². The predicted octanol–water partition coefficient (Wildman–Crippen LogP) is 3.04. The second-order valence-corrected chi connectivity index (χ2v) is 7.55. The summed E-state index contributed by atoms with van der Waals surface area (Å²) in [6.45, 7) is 8.35. The summed E-state index contributed by atoms with van der Waals surface area (Å²) in [4.78, 5) is 12.3. The topological polar surface area (TPSA) is 83.6 Å². The molecule has 0 saturated carbocycles. The molecule has 2 aromatic rings. The Hall–Kier alpha value is -2.33. The maximum absolute atomic E-state index is 12.3. The van der Waals surface area contributed by atoms with Crippen LogP contribution in [0.1, 0.15) is 39.1 Å². The first kappa shape index (κ1) is 20.0. The van der Waals surface area contributed by atoms with Gasteiger partial charge in [0.15, 0.2) is 5.16 Å². The van der Waals surface area contributed by atoms with Crippen LogP contribution in [0.3, 0.4) is 0 Å². The highest BCUT2D eigenvalue weighted by atomic mass is 32.2. The Morgan fingerprint density at radius 1 is 1.35 bits per heavy atom. The van der Waals surface area contributed by atoms with Gasteiger partial charge in [-0.25, -0.2) is 0 Å². The smallest absolute Gasteiger partial charge is 0.231 e. The molecule has 0 aliphatic heterocycles. The van der Waals surface area contributed by atoms with Crippen LogP contribution in [-0.4, -0.2) is 32.0 Å². The fourth-order valence-electron chi connectivity index (χ4n) is 2.41. The second kappa shape index (κ2) is 8.86. The van der Waals surface area contributed by atoms with E-state index in [1.165, 1.54) is 17.3 Å². The van der Waals surface area contributed by atoms with Crippen LogP contribution in [0.15, 0.2) is 35.5 Å². The zero-order chi connectivity index (χ0) is 19.2. The minimum Gasteiger partial charge on any atom is -0.337 e. The quantitative estimate of drug-likeness (QED) is 0.721. The third-order valence-corrected chi connectivity index (χ3v) is 5.40. The summed E-state index contributed by atoms with van der Waals surface area (Å²) in [6.07, 6.45) is 0.703. The average molecular weight is 372 g/mol. The summed E-state index contributed by atoms with van der Waals surface area (Å²) in [6, 6.07) is 12.3. The summed E-state index contributed by atoms with van der Waals surface area (Å²) in [5, 5.41) is 21.4. The fourth-order valence-corrected chi connectivity index (χ4v) is 3.23. The lowest BCUT2D eigenvalue weighted by Crippen LogP contribution is -2.49. The Balaban J connectivity index is 2.02. The molecule has 0 spiro atoms. The molecule has 1 aromatic carbocycles. The van der Waals surface area contributed by atoms with E-state index >= 15 is 0 Å². The molecule has 1 N–H and O–H groups in total. The van der Waals surface area contributed by atoms with E-state index in [0.29, 0.717) is 6.42 Å². The first-order valence-electron chi connectivity index (χ1n) is 8.70. The van der Waals surface area contributed by atoms with Crippen molar-refractivity contribution in [2.45, 2.75) is 51.4 Å². The van der Waals surface area contributed by atoms with Gasteiger partial charge in [-0.2, -0.15) is 5.26 Å². The Kier molecular flexibility index (Phi) is 6.81. The summed E-state index contributed by atoms with van der Waals surface area (Å²) in [5.41, 5.74) is 0.305. The number of thioether (sulfide) groups is 1. The molecule has 0 fully saturated rings. The summed E-state index contributed by atoms with van der Waals surface area (Å²) >= 11 is 1.34. The maximum atomic E-state index is 12.3. The van der Waals surface area contributed by atoms with Crippen molar-refractivity contribution in [3.8, 4) is 6.07 Å². The van der Waals surface area contributed by atoms with Crippen molar-refractivity contribution in [1.82, 2.24) is 20.1 Å². The number of carbonyl (C=O) groups excluding carboxylic acids is 1. The molecule has 0 radical (unpaired) electrons. The third kappa shape index (κ3) is 4.85. The van der Waals surface area contributed by atoms with E-state index in [-0.39, 0.29) is 17.6 Å². The van der Waals surface area contributed by atoms with Crippen LogP contribution in [0.25, 0.3) is 0 Å². The Morgan fingerprint density at radius 3 is 2.62 bits per heavy atom. The number of hydrogen-bond donors (Lipinski definition) is 1. The molecular formula is C19H25N5OS. The van der Waals surface area contributed by atoms with Crippen molar-refractivity contribution >= 4 is 17.7 Å². The molecule has 1 heterocycles. The van der Waals surface area contributed by atoms with E-state index in [1.807, 2.05) is 43.5 Å². The lowest BCUT2D eigenvalue weighted by Gasteiger charge is -2.27. The molecule has 0 aliphatic carbocycles. The molecule has 0 saturated heterocycles. The number of amides is 1. The van der Waals surface area contributed by atoms with Gasteiger partial charge in [0.05, 0.1) is 11.8 Å². The van der Waals surface area contributed by atoms with Gasteiger partial charge in [0.25, 0.3) is 0 Å². The number of rotatable bonds is 8. The molecule has 1 aromatic heterocycles. The van der Waals surface area contributed by atoms with Crippen LogP contribution < -0.4 is 5.32 Å². The zero-order valence-electron chi connectivity index (χ0n) is 15.7. The van der Waals surface area contributed by atoms with Crippen molar-refractivity contribution in [1.29, 1.82) is 5.26 Å². The highest BCUT2D eigenvalue weighted by Crippen LogP contribution is 2.20. The highest BCUT2D eigenvalue weighted by molar-refractivity contribution is 7.99. The normalized spacial score (nSPS) is 13.2. The minimum absolute atomic E-state index is 0.0261. The maximum Gasteiger partial charge on any atom is 0.231 e. The SMILES string of the molecule is CCn1c(Cc2ccccc2)nnc1SCC(=O)N[C@@](C)(C#N)C(C)C. The summed E-state index contributed by atoms with van der Waals surface area (Å²) in [7, 11) is 0. The van der Waals surface area contributed by atoms with Crippen LogP contribution >= 0.6 is 11.8 Å². The van der Waals surface area contributed by atoms with Crippen molar-refractivity contribution in [2.24, 2.45) is 5.92 Å². The molecule has 0 bridgehead atoms. The molecule has 7 heteroatoms. The van der Waals surface area contributed by atoms with E-state index < -0.39 is 5.54 Å². The van der Waals surface area contributed by atoms with Crippen LogP contribution in [0, 0.1) is 17.2 Å². The van der Waals surface area contributed by atoms with Crippen molar-refractivity contribution in [3.63, 3.8) is 0 Å². The van der Waals surface area contributed by atoms with Gasteiger partial charge in [-0.15, -0.1) is 10.2 Å². The van der Waals surface area contributed by atoms with Gasteiger partial charge in [-0.05, 0) is 25.3 Å². The molecule has 138 valence electrons.